The van der Waals surface area contributed by atoms with Gasteiger partial charge in [0.25, 0.3) is 0 Å². The second kappa shape index (κ2) is 7.71. The molecule has 6 nitrogen and oxygen atoms in total. The lowest BCUT2D eigenvalue weighted by atomic mass is 10.0. The second-order valence-electron chi connectivity index (χ2n) is 6.62. The topological polar surface area (TPSA) is 70.7 Å². The van der Waals surface area contributed by atoms with Gasteiger partial charge in [0.2, 0.25) is 5.91 Å². The Labute approximate surface area is 152 Å². The molecule has 2 saturated heterocycles. The van der Waals surface area contributed by atoms with Gasteiger partial charge in [-0.1, -0.05) is 0 Å². The summed E-state index contributed by atoms with van der Waals surface area (Å²) in [4.78, 5) is 25.8. The lowest BCUT2D eigenvalue weighted by Gasteiger charge is -2.36. The van der Waals surface area contributed by atoms with E-state index in [1.807, 2.05) is 0 Å². The highest BCUT2D eigenvalue weighted by atomic mass is 19.4. The van der Waals surface area contributed by atoms with Gasteiger partial charge in [-0.2, -0.15) is 13.2 Å². The van der Waals surface area contributed by atoms with Crippen molar-refractivity contribution < 1.29 is 31.9 Å². The van der Waals surface area contributed by atoms with E-state index >= 15 is 0 Å². The molecule has 148 valence electrons. The third-order valence-electron chi connectivity index (χ3n) is 4.66. The maximum atomic E-state index is 13.5. The molecular formula is C17H19F4N3O3. The molecule has 3 amide bonds. The summed E-state index contributed by atoms with van der Waals surface area (Å²) in [5.74, 6) is -1.47. The molecule has 2 N–H and O–H groups in total. The Balaban J connectivity index is 1.47. The summed E-state index contributed by atoms with van der Waals surface area (Å²) in [6.07, 6.45) is -3.66. The number of alkyl halides is 3. The molecule has 27 heavy (non-hydrogen) atoms. The van der Waals surface area contributed by atoms with Gasteiger partial charge in [0.05, 0.1) is 24.7 Å². The average Bonchev–Trinajstić information content (AvgIpc) is 2.52. The van der Waals surface area contributed by atoms with Crippen LogP contribution in [-0.4, -0.2) is 49.2 Å². The number of amides is 3. The Morgan fingerprint density at radius 3 is 2.33 bits per heavy atom. The highest BCUT2D eigenvalue weighted by molar-refractivity contribution is 5.89. The smallest absolute Gasteiger partial charge is 0.380 e. The van der Waals surface area contributed by atoms with Crippen molar-refractivity contribution in [3.63, 3.8) is 0 Å². The summed E-state index contributed by atoms with van der Waals surface area (Å²) >= 11 is 0. The highest BCUT2D eigenvalue weighted by Gasteiger charge is 2.34. The molecule has 0 aliphatic carbocycles. The van der Waals surface area contributed by atoms with Gasteiger partial charge in [-0.3, -0.25) is 4.79 Å². The molecule has 1 aromatic rings. The first-order chi connectivity index (χ1) is 12.7. The molecule has 3 rings (SSSR count). The second-order valence-corrected chi connectivity index (χ2v) is 6.62. The Morgan fingerprint density at radius 1 is 1.15 bits per heavy atom. The number of likely N-dealkylation sites (tertiary alicyclic amines) is 1. The van der Waals surface area contributed by atoms with Crippen molar-refractivity contribution in [1.29, 1.82) is 0 Å². The Kier molecular flexibility index (Phi) is 5.54. The largest absolute Gasteiger partial charge is 0.419 e. The van der Waals surface area contributed by atoms with Crippen LogP contribution in [0.25, 0.3) is 0 Å². The molecule has 0 spiro atoms. The molecule has 2 aliphatic heterocycles. The van der Waals surface area contributed by atoms with E-state index in [0.29, 0.717) is 51.3 Å². The molecule has 0 saturated carbocycles. The lowest BCUT2D eigenvalue weighted by Crippen LogP contribution is -2.51. The molecular weight excluding hydrogens is 370 g/mol. The molecule has 2 heterocycles. The SMILES string of the molecule is O=C(Nc1ccc(C(F)(F)F)c(F)c1)NC1CCN(C(=O)C2COC2)CC1. The van der Waals surface area contributed by atoms with Crippen LogP contribution in [0.2, 0.25) is 0 Å². The molecule has 2 aliphatic rings. The molecule has 2 fully saturated rings. The van der Waals surface area contributed by atoms with Crippen LogP contribution in [0.1, 0.15) is 18.4 Å². The van der Waals surface area contributed by atoms with E-state index < -0.39 is 23.6 Å². The Bertz CT molecular complexity index is 714. The van der Waals surface area contributed by atoms with E-state index in [9.17, 15) is 27.2 Å². The fourth-order valence-corrected chi connectivity index (χ4v) is 3.06. The van der Waals surface area contributed by atoms with E-state index in [2.05, 4.69) is 10.6 Å². The van der Waals surface area contributed by atoms with Crippen molar-refractivity contribution in [3.05, 3.63) is 29.6 Å². The number of urea groups is 1. The van der Waals surface area contributed by atoms with Crippen LogP contribution < -0.4 is 10.6 Å². The minimum atomic E-state index is -4.79. The maximum Gasteiger partial charge on any atom is 0.419 e. The van der Waals surface area contributed by atoms with E-state index in [4.69, 9.17) is 4.74 Å². The molecule has 10 heteroatoms. The number of nitrogens with zero attached hydrogens (tertiary/aromatic N) is 1. The zero-order chi connectivity index (χ0) is 19.6. The molecule has 0 bridgehead atoms. The lowest BCUT2D eigenvalue weighted by molar-refractivity contribution is -0.151. The van der Waals surface area contributed by atoms with Crippen molar-refractivity contribution >= 4 is 17.6 Å². The van der Waals surface area contributed by atoms with Crippen LogP contribution in [-0.2, 0) is 15.7 Å². The quantitative estimate of drug-likeness (QED) is 0.781. The van der Waals surface area contributed by atoms with Gasteiger partial charge in [-0.15, -0.1) is 0 Å². The van der Waals surface area contributed by atoms with Crippen LogP contribution in [0.5, 0.6) is 0 Å². The van der Waals surface area contributed by atoms with Crippen molar-refractivity contribution in [2.24, 2.45) is 5.92 Å². The number of hydrogen-bond donors (Lipinski definition) is 2. The number of nitrogens with one attached hydrogen (secondary N) is 2. The zero-order valence-electron chi connectivity index (χ0n) is 14.3. The van der Waals surface area contributed by atoms with Gasteiger partial charge >= 0.3 is 12.2 Å². The first-order valence-electron chi connectivity index (χ1n) is 8.55. The van der Waals surface area contributed by atoms with Gasteiger partial charge in [-0.05, 0) is 31.0 Å². The first kappa shape index (κ1) is 19.4. The van der Waals surface area contributed by atoms with Crippen molar-refractivity contribution in [1.82, 2.24) is 10.2 Å². The van der Waals surface area contributed by atoms with Crippen LogP contribution >= 0.6 is 0 Å². The number of ether oxygens (including phenoxy) is 1. The number of carbonyl (C=O) groups is 2. The highest BCUT2D eigenvalue weighted by Crippen LogP contribution is 2.32. The van der Waals surface area contributed by atoms with Crippen LogP contribution in [0.4, 0.5) is 28.0 Å². The van der Waals surface area contributed by atoms with E-state index in [-0.39, 0.29) is 23.6 Å². The summed E-state index contributed by atoms with van der Waals surface area (Å²) in [5, 5.41) is 5.02. The number of anilines is 1. The fourth-order valence-electron chi connectivity index (χ4n) is 3.06. The minimum absolute atomic E-state index is 0.0596. The zero-order valence-corrected chi connectivity index (χ0v) is 14.3. The van der Waals surface area contributed by atoms with Gasteiger partial charge in [-0.25, -0.2) is 9.18 Å². The summed E-state index contributed by atoms with van der Waals surface area (Å²) in [5.41, 5.74) is -1.46. The molecule has 0 radical (unpaired) electrons. The molecule has 1 aromatic carbocycles. The summed E-state index contributed by atoms with van der Waals surface area (Å²) in [6, 6.07) is 1.40. The van der Waals surface area contributed by atoms with Crippen molar-refractivity contribution in [3.8, 4) is 0 Å². The van der Waals surface area contributed by atoms with Crippen molar-refractivity contribution in [2.75, 3.05) is 31.6 Å². The predicted molar refractivity (Wildman–Crippen MR) is 87.5 cm³/mol. The summed E-state index contributed by atoms with van der Waals surface area (Å²) in [6.45, 7) is 1.91. The van der Waals surface area contributed by atoms with Gasteiger partial charge in [0, 0.05) is 24.8 Å². The third kappa shape index (κ3) is 4.68. The molecule has 0 aromatic heterocycles. The number of carbonyl (C=O) groups excluding carboxylic acids is 2. The Hall–Kier alpha value is -2.36. The average molecular weight is 389 g/mol. The van der Waals surface area contributed by atoms with E-state index in [1.54, 1.807) is 4.90 Å². The minimum Gasteiger partial charge on any atom is -0.380 e. The van der Waals surface area contributed by atoms with Crippen LogP contribution in [0.3, 0.4) is 0 Å². The normalized spacial score (nSPS) is 18.7. The number of benzene rings is 1. The van der Waals surface area contributed by atoms with Gasteiger partial charge in [0.1, 0.15) is 5.82 Å². The van der Waals surface area contributed by atoms with Crippen LogP contribution in [0.15, 0.2) is 18.2 Å². The van der Waals surface area contributed by atoms with E-state index in [1.165, 1.54) is 0 Å². The van der Waals surface area contributed by atoms with Gasteiger partial charge < -0.3 is 20.3 Å². The number of rotatable bonds is 3. The fraction of sp³-hybridized carbons (Fsp3) is 0.529. The number of hydrogen-bond acceptors (Lipinski definition) is 3. The van der Waals surface area contributed by atoms with E-state index in [0.717, 1.165) is 6.07 Å². The summed E-state index contributed by atoms with van der Waals surface area (Å²) in [7, 11) is 0. The molecule has 0 atom stereocenters. The maximum absolute atomic E-state index is 13.5. The predicted octanol–water partition coefficient (Wildman–Crippen LogP) is 2.60. The summed E-state index contributed by atoms with van der Waals surface area (Å²) < 4.78 is 56.2. The standard InChI is InChI=1S/C17H19F4N3O3/c18-14-7-12(1-2-13(14)17(19,20)21)23-16(26)22-11-3-5-24(6-4-11)15(25)10-8-27-9-10/h1-2,7,10-11H,3-6,8-9H2,(H2,22,23,26). The molecule has 0 unspecified atom stereocenters. The van der Waals surface area contributed by atoms with Crippen molar-refractivity contribution in [2.45, 2.75) is 25.1 Å². The number of halogens is 4. The van der Waals surface area contributed by atoms with Crippen LogP contribution in [0, 0.1) is 11.7 Å². The number of piperidine rings is 1. The first-order valence-corrected chi connectivity index (χ1v) is 8.55. The van der Waals surface area contributed by atoms with Gasteiger partial charge in [0.15, 0.2) is 0 Å². The third-order valence-corrected chi connectivity index (χ3v) is 4.66. The monoisotopic (exact) mass is 389 g/mol. The Morgan fingerprint density at radius 2 is 1.81 bits per heavy atom.